The van der Waals surface area contributed by atoms with E-state index in [1.807, 2.05) is 18.2 Å². The van der Waals surface area contributed by atoms with Crippen LogP contribution in [0.4, 0.5) is 0 Å². The van der Waals surface area contributed by atoms with Gasteiger partial charge in [0.1, 0.15) is 0 Å². The minimum Gasteiger partial charge on any atom is -0.381 e. The number of aromatic nitrogens is 1. The zero-order valence-corrected chi connectivity index (χ0v) is 12.5. The molecule has 2 amide bonds. The van der Waals surface area contributed by atoms with Crippen LogP contribution in [0, 0.1) is 5.92 Å². The number of carbonyl (C=O) groups is 2. The van der Waals surface area contributed by atoms with Crippen LogP contribution in [0.25, 0.3) is 0 Å². The van der Waals surface area contributed by atoms with E-state index in [-0.39, 0.29) is 23.8 Å². The molecule has 0 radical (unpaired) electrons. The van der Waals surface area contributed by atoms with Crippen LogP contribution in [0.2, 0.25) is 0 Å². The first-order chi connectivity index (χ1) is 10.7. The standard InChI is InChI=1S/C16H21N3O3/c20-15-9-12(16(21)18-13-4-7-22-8-5-13)10-19(15)11-14-3-1-2-6-17-14/h1-3,6,12-13H,4-5,7-11H2,(H,18,21)/t12-/m0/s1. The second-order valence-corrected chi connectivity index (χ2v) is 5.89. The lowest BCUT2D eigenvalue weighted by Gasteiger charge is -2.24. The molecule has 3 heterocycles. The first-order valence-electron chi connectivity index (χ1n) is 7.78. The topological polar surface area (TPSA) is 71.5 Å². The van der Waals surface area contributed by atoms with E-state index < -0.39 is 0 Å². The van der Waals surface area contributed by atoms with Crippen LogP contribution in [0.3, 0.4) is 0 Å². The molecule has 0 bridgehead atoms. The Morgan fingerprint density at radius 2 is 2.18 bits per heavy atom. The van der Waals surface area contributed by atoms with Gasteiger partial charge in [-0.3, -0.25) is 14.6 Å². The molecule has 2 fully saturated rings. The fourth-order valence-electron chi connectivity index (χ4n) is 2.95. The molecular weight excluding hydrogens is 282 g/mol. The highest BCUT2D eigenvalue weighted by atomic mass is 16.5. The van der Waals surface area contributed by atoms with Crippen molar-refractivity contribution in [3.05, 3.63) is 30.1 Å². The summed E-state index contributed by atoms with van der Waals surface area (Å²) in [5, 5.41) is 3.05. The van der Waals surface area contributed by atoms with E-state index in [2.05, 4.69) is 10.3 Å². The molecule has 0 unspecified atom stereocenters. The molecule has 2 aliphatic rings. The van der Waals surface area contributed by atoms with Gasteiger partial charge in [-0.2, -0.15) is 0 Å². The molecular formula is C16H21N3O3. The lowest BCUT2D eigenvalue weighted by atomic mass is 10.0. The SMILES string of the molecule is O=C(NC1CCOCC1)[C@H]1CC(=O)N(Cc2ccccn2)C1. The fraction of sp³-hybridized carbons (Fsp3) is 0.562. The number of ether oxygens (including phenoxy) is 1. The summed E-state index contributed by atoms with van der Waals surface area (Å²) >= 11 is 0. The van der Waals surface area contributed by atoms with Crippen LogP contribution in [0.5, 0.6) is 0 Å². The molecule has 118 valence electrons. The minimum absolute atomic E-state index is 0.0104. The van der Waals surface area contributed by atoms with E-state index in [0.717, 1.165) is 18.5 Å². The van der Waals surface area contributed by atoms with Crippen molar-refractivity contribution >= 4 is 11.8 Å². The fourth-order valence-corrected chi connectivity index (χ4v) is 2.95. The van der Waals surface area contributed by atoms with Crippen molar-refractivity contribution < 1.29 is 14.3 Å². The summed E-state index contributed by atoms with van der Waals surface area (Å²) in [4.78, 5) is 30.3. The Kier molecular flexibility index (Phi) is 4.68. The van der Waals surface area contributed by atoms with Crippen molar-refractivity contribution in [1.82, 2.24) is 15.2 Å². The molecule has 0 aromatic carbocycles. The Bertz CT molecular complexity index is 529. The third kappa shape index (κ3) is 3.62. The zero-order chi connectivity index (χ0) is 15.4. The van der Waals surface area contributed by atoms with Crippen molar-refractivity contribution in [2.75, 3.05) is 19.8 Å². The summed E-state index contributed by atoms with van der Waals surface area (Å²) in [6.07, 6.45) is 3.71. The Hall–Kier alpha value is -1.95. The molecule has 0 saturated carbocycles. The van der Waals surface area contributed by atoms with Crippen LogP contribution in [0.15, 0.2) is 24.4 Å². The van der Waals surface area contributed by atoms with E-state index >= 15 is 0 Å². The number of carbonyl (C=O) groups excluding carboxylic acids is 2. The summed E-state index contributed by atoms with van der Waals surface area (Å²) in [7, 11) is 0. The van der Waals surface area contributed by atoms with Gasteiger partial charge in [-0.1, -0.05) is 6.07 Å². The van der Waals surface area contributed by atoms with E-state index in [1.54, 1.807) is 11.1 Å². The molecule has 2 aliphatic heterocycles. The molecule has 0 aliphatic carbocycles. The van der Waals surface area contributed by atoms with Gasteiger partial charge in [0.25, 0.3) is 0 Å². The van der Waals surface area contributed by atoms with E-state index in [9.17, 15) is 9.59 Å². The molecule has 22 heavy (non-hydrogen) atoms. The second-order valence-electron chi connectivity index (χ2n) is 5.89. The van der Waals surface area contributed by atoms with Gasteiger partial charge < -0.3 is 15.0 Å². The Labute approximate surface area is 129 Å². The lowest BCUT2D eigenvalue weighted by molar-refractivity contribution is -0.129. The van der Waals surface area contributed by atoms with Crippen LogP contribution >= 0.6 is 0 Å². The molecule has 2 saturated heterocycles. The maximum absolute atomic E-state index is 12.3. The van der Waals surface area contributed by atoms with Gasteiger partial charge in [0.15, 0.2) is 0 Å². The molecule has 6 heteroatoms. The number of hydrogen-bond acceptors (Lipinski definition) is 4. The minimum atomic E-state index is -0.251. The number of amides is 2. The second kappa shape index (κ2) is 6.87. The van der Waals surface area contributed by atoms with Gasteiger partial charge in [0.2, 0.25) is 11.8 Å². The number of hydrogen-bond donors (Lipinski definition) is 1. The van der Waals surface area contributed by atoms with Crippen molar-refractivity contribution in [2.24, 2.45) is 5.92 Å². The van der Waals surface area contributed by atoms with Crippen molar-refractivity contribution in [3.8, 4) is 0 Å². The molecule has 1 aromatic rings. The summed E-state index contributed by atoms with van der Waals surface area (Å²) in [6, 6.07) is 5.82. The summed E-state index contributed by atoms with van der Waals surface area (Å²) in [5.74, 6) is -0.236. The molecule has 0 spiro atoms. The summed E-state index contributed by atoms with van der Waals surface area (Å²) < 4.78 is 5.29. The molecule has 1 aromatic heterocycles. The maximum atomic E-state index is 12.3. The average molecular weight is 303 g/mol. The monoisotopic (exact) mass is 303 g/mol. The molecule has 1 N–H and O–H groups in total. The average Bonchev–Trinajstić information content (AvgIpc) is 2.90. The first-order valence-corrected chi connectivity index (χ1v) is 7.78. The van der Waals surface area contributed by atoms with E-state index in [0.29, 0.717) is 32.7 Å². The zero-order valence-electron chi connectivity index (χ0n) is 12.5. The highest BCUT2D eigenvalue weighted by Crippen LogP contribution is 2.20. The van der Waals surface area contributed by atoms with Crippen LogP contribution in [0.1, 0.15) is 25.0 Å². The predicted octanol–water partition coefficient (Wildman–Crippen LogP) is 0.725. The Morgan fingerprint density at radius 3 is 2.91 bits per heavy atom. The van der Waals surface area contributed by atoms with Crippen LogP contribution in [-0.4, -0.2) is 47.5 Å². The predicted molar refractivity (Wildman–Crippen MR) is 79.7 cm³/mol. The molecule has 6 nitrogen and oxygen atoms in total. The van der Waals surface area contributed by atoms with Crippen LogP contribution < -0.4 is 5.32 Å². The van der Waals surface area contributed by atoms with Gasteiger partial charge in [-0.05, 0) is 25.0 Å². The Morgan fingerprint density at radius 1 is 1.36 bits per heavy atom. The normalized spacial score (nSPS) is 22.8. The Balaban J connectivity index is 1.53. The van der Waals surface area contributed by atoms with Crippen molar-refractivity contribution in [3.63, 3.8) is 0 Å². The number of rotatable bonds is 4. The lowest BCUT2D eigenvalue weighted by Crippen LogP contribution is -2.42. The number of nitrogens with zero attached hydrogens (tertiary/aromatic N) is 2. The smallest absolute Gasteiger partial charge is 0.225 e. The first kappa shape index (κ1) is 15.0. The van der Waals surface area contributed by atoms with Crippen molar-refractivity contribution in [1.29, 1.82) is 0 Å². The van der Waals surface area contributed by atoms with Crippen LogP contribution in [-0.2, 0) is 20.9 Å². The van der Waals surface area contributed by atoms with E-state index in [4.69, 9.17) is 4.74 Å². The van der Waals surface area contributed by atoms with Gasteiger partial charge >= 0.3 is 0 Å². The van der Waals surface area contributed by atoms with Gasteiger partial charge in [0, 0.05) is 38.4 Å². The maximum Gasteiger partial charge on any atom is 0.225 e. The largest absolute Gasteiger partial charge is 0.381 e. The number of pyridine rings is 1. The third-order valence-corrected chi connectivity index (χ3v) is 4.23. The quantitative estimate of drug-likeness (QED) is 0.890. The third-order valence-electron chi connectivity index (χ3n) is 4.23. The molecule has 1 atom stereocenters. The number of likely N-dealkylation sites (tertiary alicyclic amines) is 1. The highest BCUT2D eigenvalue weighted by Gasteiger charge is 2.35. The van der Waals surface area contributed by atoms with Gasteiger partial charge in [-0.25, -0.2) is 0 Å². The number of nitrogens with one attached hydrogen (secondary N) is 1. The highest BCUT2D eigenvalue weighted by molar-refractivity contribution is 5.89. The summed E-state index contributed by atoms with van der Waals surface area (Å²) in [5.41, 5.74) is 0.848. The van der Waals surface area contributed by atoms with Gasteiger partial charge in [-0.15, -0.1) is 0 Å². The van der Waals surface area contributed by atoms with Gasteiger partial charge in [0.05, 0.1) is 18.2 Å². The van der Waals surface area contributed by atoms with Crippen molar-refractivity contribution in [2.45, 2.75) is 31.8 Å². The van der Waals surface area contributed by atoms with E-state index in [1.165, 1.54) is 0 Å². The summed E-state index contributed by atoms with van der Waals surface area (Å²) in [6.45, 7) is 2.34. The molecule has 3 rings (SSSR count).